The van der Waals surface area contributed by atoms with Gasteiger partial charge in [-0.25, -0.2) is 4.79 Å². The zero-order valence-electron chi connectivity index (χ0n) is 19.8. The smallest absolute Gasteiger partial charge is 0.309 e. The van der Waals surface area contributed by atoms with Gasteiger partial charge in [-0.05, 0) is 65.6 Å². The molecule has 0 aromatic heterocycles. The summed E-state index contributed by atoms with van der Waals surface area (Å²) in [6.07, 6.45) is 25.1. The molecule has 4 nitrogen and oxygen atoms in total. The molecule has 172 valence electrons. The molecule has 0 aromatic rings. The van der Waals surface area contributed by atoms with Crippen molar-refractivity contribution in [3.63, 3.8) is 0 Å². The first-order valence-electron chi connectivity index (χ1n) is 12.3. The van der Waals surface area contributed by atoms with Gasteiger partial charge >= 0.3 is 5.97 Å². The van der Waals surface area contributed by atoms with E-state index >= 15 is 0 Å². The number of nitrogens with zero attached hydrogens (tertiary/aromatic N) is 1. The molecule has 0 saturated carbocycles. The van der Waals surface area contributed by atoms with Crippen LogP contribution in [-0.4, -0.2) is 38.1 Å². The summed E-state index contributed by atoms with van der Waals surface area (Å²) in [5.41, 5.74) is 0. The number of carbonyl (C=O) groups excluding carboxylic acids is 1. The average Bonchev–Trinajstić information content (AvgIpc) is 2.70. The Hall–Kier alpha value is -0.870. The Morgan fingerprint density at radius 2 is 1.28 bits per heavy atom. The number of hydrogen-bond acceptors (Lipinski definition) is 4. The highest BCUT2D eigenvalue weighted by Crippen LogP contribution is 2.10. The fourth-order valence-electron chi connectivity index (χ4n) is 3.25. The van der Waals surface area contributed by atoms with Gasteiger partial charge in [0.05, 0.1) is 6.61 Å². The SMILES string of the molecule is CCCCCCCCC=CCCCCCCCCOOC(=O)CCCCN(C)C. The van der Waals surface area contributed by atoms with E-state index in [4.69, 9.17) is 9.78 Å². The van der Waals surface area contributed by atoms with E-state index in [1.807, 2.05) is 14.1 Å². The number of carbonyl (C=O) groups is 1. The Bertz CT molecular complexity index is 369. The standard InChI is InChI=1S/C25H49NO3/c1-4-5-6-7-8-9-10-11-12-13-14-15-16-17-18-21-24-28-29-25(27)22-19-20-23-26(2)3/h11-12H,4-10,13-24H2,1-3H3. The minimum absolute atomic E-state index is 0.242. The highest BCUT2D eigenvalue weighted by atomic mass is 17.2. The predicted octanol–water partition coefficient (Wildman–Crippen LogP) is 7.23. The summed E-state index contributed by atoms with van der Waals surface area (Å²) in [5.74, 6) is -0.242. The summed E-state index contributed by atoms with van der Waals surface area (Å²) in [5, 5.41) is 0. The zero-order chi connectivity index (χ0) is 21.4. The van der Waals surface area contributed by atoms with Crippen LogP contribution in [0.1, 0.15) is 116 Å². The Balaban J connectivity index is 3.18. The quantitative estimate of drug-likeness (QED) is 0.0815. The lowest BCUT2D eigenvalue weighted by atomic mass is 10.1. The van der Waals surface area contributed by atoms with Crippen LogP contribution >= 0.6 is 0 Å². The normalized spacial score (nSPS) is 11.6. The van der Waals surface area contributed by atoms with Crippen molar-refractivity contribution in [2.45, 2.75) is 116 Å². The van der Waals surface area contributed by atoms with E-state index in [0.717, 1.165) is 32.2 Å². The van der Waals surface area contributed by atoms with Gasteiger partial charge in [0.1, 0.15) is 0 Å². The molecule has 0 heterocycles. The molecule has 4 heteroatoms. The van der Waals surface area contributed by atoms with Crippen molar-refractivity contribution in [3.8, 4) is 0 Å². The summed E-state index contributed by atoms with van der Waals surface area (Å²) >= 11 is 0. The maximum Gasteiger partial charge on any atom is 0.342 e. The molecule has 0 aromatic carbocycles. The molecular formula is C25H49NO3. The van der Waals surface area contributed by atoms with Gasteiger partial charge in [-0.15, -0.1) is 0 Å². The van der Waals surface area contributed by atoms with Crippen LogP contribution in [0.4, 0.5) is 0 Å². The van der Waals surface area contributed by atoms with E-state index in [1.165, 1.54) is 77.0 Å². The van der Waals surface area contributed by atoms with E-state index in [-0.39, 0.29) is 5.97 Å². The molecule has 0 saturated heterocycles. The Kier molecular flexibility index (Phi) is 22.7. The van der Waals surface area contributed by atoms with Crippen molar-refractivity contribution < 1.29 is 14.6 Å². The van der Waals surface area contributed by atoms with Gasteiger partial charge in [0.25, 0.3) is 0 Å². The van der Waals surface area contributed by atoms with Crippen molar-refractivity contribution in [2.24, 2.45) is 0 Å². The Labute approximate surface area is 181 Å². The zero-order valence-corrected chi connectivity index (χ0v) is 19.8. The van der Waals surface area contributed by atoms with Crippen LogP contribution in [0, 0.1) is 0 Å². The molecule has 0 rings (SSSR count). The third-order valence-corrected chi connectivity index (χ3v) is 5.13. The molecule has 0 atom stereocenters. The predicted molar refractivity (Wildman–Crippen MR) is 124 cm³/mol. The second-order valence-electron chi connectivity index (χ2n) is 8.48. The lowest BCUT2D eigenvalue weighted by Crippen LogP contribution is -2.13. The van der Waals surface area contributed by atoms with Crippen LogP contribution in [0.3, 0.4) is 0 Å². The van der Waals surface area contributed by atoms with Crippen LogP contribution in [0.25, 0.3) is 0 Å². The fraction of sp³-hybridized carbons (Fsp3) is 0.880. The largest absolute Gasteiger partial charge is 0.342 e. The van der Waals surface area contributed by atoms with Gasteiger partial charge in [0, 0.05) is 6.42 Å². The van der Waals surface area contributed by atoms with Gasteiger partial charge in [0.15, 0.2) is 0 Å². The Morgan fingerprint density at radius 3 is 1.86 bits per heavy atom. The van der Waals surface area contributed by atoms with Crippen molar-refractivity contribution in [3.05, 3.63) is 12.2 Å². The van der Waals surface area contributed by atoms with Crippen molar-refractivity contribution in [2.75, 3.05) is 27.2 Å². The molecule has 0 radical (unpaired) electrons. The molecule has 0 aliphatic rings. The van der Waals surface area contributed by atoms with Crippen LogP contribution in [0.5, 0.6) is 0 Å². The topological polar surface area (TPSA) is 38.8 Å². The first-order chi connectivity index (χ1) is 14.2. The molecule has 0 fully saturated rings. The number of rotatable bonds is 22. The first kappa shape index (κ1) is 28.1. The summed E-state index contributed by atoms with van der Waals surface area (Å²) in [4.78, 5) is 23.5. The van der Waals surface area contributed by atoms with E-state index < -0.39 is 0 Å². The van der Waals surface area contributed by atoms with Gasteiger partial charge in [-0.3, -0.25) is 4.89 Å². The van der Waals surface area contributed by atoms with E-state index in [9.17, 15) is 4.79 Å². The van der Waals surface area contributed by atoms with Crippen LogP contribution in [0.2, 0.25) is 0 Å². The fourth-order valence-corrected chi connectivity index (χ4v) is 3.25. The summed E-state index contributed by atoms with van der Waals surface area (Å²) in [6, 6.07) is 0. The maximum absolute atomic E-state index is 11.5. The summed E-state index contributed by atoms with van der Waals surface area (Å²) < 4.78 is 0. The van der Waals surface area contributed by atoms with Crippen LogP contribution in [0.15, 0.2) is 12.2 Å². The molecule has 0 bridgehead atoms. The second-order valence-corrected chi connectivity index (χ2v) is 8.48. The highest BCUT2D eigenvalue weighted by Gasteiger charge is 2.04. The van der Waals surface area contributed by atoms with Crippen LogP contribution in [-0.2, 0) is 14.6 Å². The van der Waals surface area contributed by atoms with Gasteiger partial charge in [-0.1, -0.05) is 76.9 Å². The molecule has 0 aliphatic heterocycles. The van der Waals surface area contributed by atoms with Crippen molar-refractivity contribution >= 4 is 5.97 Å². The molecule has 0 spiro atoms. The van der Waals surface area contributed by atoms with E-state index in [2.05, 4.69) is 24.0 Å². The van der Waals surface area contributed by atoms with Crippen molar-refractivity contribution in [1.29, 1.82) is 0 Å². The average molecular weight is 412 g/mol. The van der Waals surface area contributed by atoms with E-state index in [0.29, 0.717) is 13.0 Å². The minimum atomic E-state index is -0.242. The third-order valence-electron chi connectivity index (χ3n) is 5.13. The van der Waals surface area contributed by atoms with Crippen LogP contribution < -0.4 is 0 Å². The summed E-state index contributed by atoms with van der Waals surface area (Å²) in [7, 11) is 4.08. The monoisotopic (exact) mass is 411 g/mol. The molecule has 0 unspecified atom stereocenters. The van der Waals surface area contributed by atoms with Gasteiger partial charge < -0.3 is 4.90 Å². The minimum Gasteiger partial charge on any atom is -0.309 e. The molecule has 0 N–H and O–H groups in total. The molecule has 0 aliphatic carbocycles. The maximum atomic E-state index is 11.5. The van der Waals surface area contributed by atoms with Gasteiger partial charge in [-0.2, -0.15) is 4.89 Å². The lowest BCUT2D eigenvalue weighted by molar-refractivity contribution is -0.272. The second kappa shape index (κ2) is 23.4. The van der Waals surface area contributed by atoms with Gasteiger partial charge in [0.2, 0.25) is 0 Å². The molecule has 0 amide bonds. The molecule has 29 heavy (non-hydrogen) atoms. The number of hydrogen-bond donors (Lipinski definition) is 0. The summed E-state index contributed by atoms with van der Waals surface area (Å²) in [6.45, 7) is 3.79. The Morgan fingerprint density at radius 1 is 0.724 bits per heavy atom. The van der Waals surface area contributed by atoms with Crippen molar-refractivity contribution in [1.82, 2.24) is 4.90 Å². The third kappa shape index (κ3) is 25.1. The number of unbranched alkanes of at least 4 members (excludes halogenated alkanes) is 13. The number of allylic oxidation sites excluding steroid dienone is 2. The highest BCUT2D eigenvalue weighted by molar-refractivity contribution is 5.68. The lowest BCUT2D eigenvalue weighted by Gasteiger charge is -2.08. The first-order valence-corrected chi connectivity index (χ1v) is 12.3. The van der Waals surface area contributed by atoms with E-state index in [1.54, 1.807) is 0 Å². The molecular weight excluding hydrogens is 362 g/mol.